The largest absolute Gasteiger partial charge is 0.444 e. The maximum Gasteiger partial charge on any atom is 0.410 e. The van der Waals surface area contributed by atoms with Crippen LogP contribution in [0.5, 0.6) is 0 Å². The lowest BCUT2D eigenvalue weighted by molar-refractivity contribution is 0.0235. The van der Waals surface area contributed by atoms with Gasteiger partial charge in [0.15, 0.2) is 0 Å². The summed E-state index contributed by atoms with van der Waals surface area (Å²) in [5.41, 5.74) is -0.167. The molecule has 1 atom stereocenters. The maximum atomic E-state index is 13.7. The van der Waals surface area contributed by atoms with Crippen LogP contribution in [0.2, 0.25) is 5.02 Å². The van der Waals surface area contributed by atoms with Gasteiger partial charge in [0.2, 0.25) is 0 Å². The SMILES string of the molecule is CC(C)(C)OC(=O)N1CCCC1CNc1cc(Cl)ccc1F. The number of hydrogen-bond donors (Lipinski definition) is 1. The highest BCUT2D eigenvalue weighted by atomic mass is 35.5. The average Bonchev–Trinajstić information content (AvgIpc) is 2.86. The van der Waals surface area contributed by atoms with Crippen molar-refractivity contribution in [2.45, 2.75) is 45.3 Å². The number of anilines is 1. The van der Waals surface area contributed by atoms with Gasteiger partial charge < -0.3 is 15.0 Å². The summed E-state index contributed by atoms with van der Waals surface area (Å²) in [5.74, 6) is -0.355. The summed E-state index contributed by atoms with van der Waals surface area (Å²) in [6.07, 6.45) is 1.47. The molecule has 0 saturated carbocycles. The van der Waals surface area contributed by atoms with E-state index in [2.05, 4.69) is 5.32 Å². The number of ether oxygens (including phenoxy) is 1. The van der Waals surface area contributed by atoms with Crippen LogP contribution < -0.4 is 5.32 Å². The normalized spacial score (nSPS) is 18.4. The van der Waals surface area contributed by atoms with Gasteiger partial charge in [0.25, 0.3) is 0 Å². The average molecular weight is 329 g/mol. The number of likely N-dealkylation sites (tertiary alicyclic amines) is 1. The smallest absolute Gasteiger partial charge is 0.410 e. The van der Waals surface area contributed by atoms with Gasteiger partial charge >= 0.3 is 6.09 Å². The van der Waals surface area contributed by atoms with Gasteiger partial charge in [0, 0.05) is 18.1 Å². The molecule has 0 spiro atoms. The number of carbonyl (C=O) groups excluding carboxylic acids is 1. The first kappa shape index (κ1) is 16.9. The Morgan fingerprint density at radius 3 is 2.91 bits per heavy atom. The van der Waals surface area contributed by atoms with E-state index in [0.29, 0.717) is 23.8 Å². The monoisotopic (exact) mass is 328 g/mol. The van der Waals surface area contributed by atoms with Gasteiger partial charge in [0.1, 0.15) is 11.4 Å². The Morgan fingerprint density at radius 2 is 2.23 bits per heavy atom. The fourth-order valence-electron chi connectivity index (χ4n) is 2.47. The van der Waals surface area contributed by atoms with Crippen molar-refractivity contribution in [3.63, 3.8) is 0 Å². The van der Waals surface area contributed by atoms with E-state index in [0.717, 1.165) is 12.8 Å². The molecule has 1 aromatic rings. The lowest BCUT2D eigenvalue weighted by atomic mass is 10.2. The molecule has 2 rings (SSSR count). The molecule has 1 heterocycles. The Hall–Kier alpha value is -1.49. The van der Waals surface area contributed by atoms with Crippen LogP contribution in [0.3, 0.4) is 0 Å². The summed E-state index contributed by atoms with van der Waals surface area (Å²) < 4.78 is 19.1. The van der Waals surface area contributed by atoms with Gasteiger partial charge in [0.05, 0.1) is 11.7 Å². The van der Waals surface area contributed by atoms with Crippen molar-refractivity contribution in [2.24, 2.45) is 0 Å². The highest BCUT2D eigenvalue weighted by molar-refractivity contribution is 6.30. The fourth-order valence-corrected chi connectivity index (χ4v) is 2.64. The quantitative estimate of drug-likeness (QED) is 0.900. The Morgan fingerprint density at radius 1 is 1.50 bits per heavy atom. The molecule has 1 amide bonds. The van der Waals surface area contributed by atoms with E-state index in [1.54, 1.807) is 11.0 Å². The number of carbonyl (C=O) groups is 1. The van der Waals surface area contributed by atoms with Gasteiger partial charge in [-0.05, 0) is 51.8 Å². The van der Waals surface area contributed by atoms with Crippen LogP contribution in [0, 0.1) is 5.82 Å². The molecule has 122 valence electrons. The minimum Gasteiger partial charge on any atom is -0.444 e. The molecule has 1 aliphatic heterocycles. The molecule has 1 unspecified atom stereocenters. The van der Waals surface area contributed by atoms with Crippen LogP contribution in [0.25, 0.3) is 0 Å². The molecule has 1 fully saturated rings. The summed E-state index contributed by atoms with van der Waals surface area (Å²) in [5, 5.41) is 3.51. The highest BCUT2D eigenvalue weighted by Crippen LogP contribution is 2.23. The van der Waals surface area contributed by atoms with Crippen LogP contribution in [-0.2, 0) is 4.74 Å². The standard InChI is InChI=1S/C16H22ClFN2O2/c1-16(2,3)22-15(21)20-8-4-5-12(20)10-19-14-9-11(17)6-7-13(14)18/h6-7,9,12,19H,4-5,8,10H2,1-3H3. The van der Waals surface area contributed by atoms with E-state index in [9.17, 15) is 9.18 Å². The van der Waals surface area contributed by atoms with Gasteiger partial charge in [-0.2, -0.15) is 0 Å². The zero-order chi connectivity index (χ0) is 16.3. The Kier molecular flexibility index (Phi) is 5.16. The van der Waals surface area contributed by atoms with Gasteiger partial charge in [-0.25, -0.2) is 9.18 Å². The van der Waals surface area contributed by atoms with E-state index < -0.39 is 5.60 Å². The molecule has 22 heavy (non-hydrogen) atoms. The summed E-state index contributed by atoms with van der Waals surface area (Å²) in [6.45, 7) is 6.66. The number of nitrogens with one attached hydrogen (secondary N) is 1. The van der Waals surface area contributed by atoms with Crippen LogP contribution in [0.4, 0.5) is 14.9 Å². The number of benzene rings is 1. The fraction of sp³-hybridized carbons (Fsp3) is 0.562. The van der Waals surface area contributed by atoms with Crippen molar-refractivity contribution in [1.82, 2.24) is 4.90 Å². The lowest BCUT2D eigenvalue weighted by Gasteiger charge is -2.29. The summed E-state index contributed by atoms with van der Waals surface area (Å²) in [6, 6.07) is 4.37. The molecular weight excluding hydrogens is 307 g/mol. The first-order chi connectivity index (χ1) is 10.3. The number of rotatable bonds is 3. The van der Waals surface area contributed by atoms with Crippen LogP contribution in [-0.4, -0.2) is 35.7 Å². The zero-order valence-electron chi connectivity index (χ0n) is 13.2. The first-order valence-corrected chi connectivity index (χ1v) is 7.82. The molecule has 1 aromatic carbocycles. The number of hydrogen-bond acceptors (Lipinski definition) is 3. The van der Waals surface area contributed by atoms with Crippen LogP contribution in [0.15, 0.2) is 18.2 Å². The second-order valence-corrected chi connectivity index (χ2v) is 6.91. The van der Waals surface area contributed by atoms with Crippen molar-refractivity contribution in [2.75, 3.05) is 18.4 Å². The third kappa shape index (κ3) is 4.50. The van der Waals surface area contributed by atoms with Crippen LogP contribution >= 0.6 is 11.6 Å². The van der Waals surface area contributed by atoms with E-state index in [1.807, 2.05) is 20.8 Å². The molecule has 0 aliphatic carbocycles. The number of halogens is 2. The topological polar surface area (TPSA) is 41.6 Å². The summed E-state index contributed by atoms with van der Waals surface area (Å²) in [7, 11) is 0. The minimum absolute atomic E-state index is 0.00627. The van der Waals surface area contributed by atoms with Crippen LogP contribution in [0.1, 0.15) is 33.6 Å². The molecule has 0 radical (unpaired) electrons. The summed E-state index contributed by atoms with van der Waals surface area (Å²) >= 11 is 5.87. The van der Waals surface area contributed by atoms with E-state index in [4.69, 9.17) is 16.3 Å². The maximum absolute atomic E-state index is 13.7. The highest BCUT2D eigenvalue weighted by Gasteiger charge is 2.32. The Bertz CT molecular complexity index is 545. The second kappa shape index (κ2) is 6.73. The number of nitrogens with zero attached hydrogens (tertiary/aromatic N) is 1. The molecular formula is C16H22ClFN2O2. The molecule has 0 bridgehead atoms. The third-order valence-corrected chi connectivity index (χ3v) is 3.70. The van der Waals surface area contributed by atoms with Gasteiger partial charge in [-0.3, -0.25) is 0 Å². The van der Waals surface area contributed by atoms with Crippen molar-refractivity contribution >= 4 is 23.4 Å². The first-order valence-electron chi connectivity index (χ1n) is 7.45. The predicted octanol–water partition coefficient (Wildman–Crippen LogP) is 4.29. The molecule has 0 aromatic heterocycles. The third-order valence-electron chi connectivity index (χ3n) is 3.46. The molecule has 4 nitrogen and oxygen atoms in total. The number of amides is 1. The van der Waals surface area contributed by atoms with Crippen molar-refractivity contribution in [3.05, 3.63) is 29.0 Å². The predicted molar refractivity (Wildman–Crippen MR) is 85.9 cm³/mol. The van der Waals surface area contributed by atoms with Gasteiger partial charge in [-0.1, -0.05) is 11.6 Å². The lowest BCUT2D eigenvalue weighted by Crippen LogP contribution is -2.42. The van der Waals surface area contributed by atoms with Crippen molar-refractivity contribution in [1.29, 1.82) is 0 Å². The molecule has 1 N–H and O–H groups in total. The minimum atomic E-state index is -0.517. The summed E-state index contributed by atoms with van der Waals surface area (Å²) in [4.78, 5) is 13.9. The van der Waals surface area contributed by atoms with E-state index in [-0.39, 0.29) is 18.0 Å². The van der Waals surface area contributed by atoms with E-state index in [1.165, 1.54) is 12.1 Å². The van der Waals surface area contributed by atoms with E-state index >= 15 is 0 Å². The Labute approximate surface area is 135 Å². The second-order valence-electron chi connectivity index (χ2n) is 6.47. The van der Waals surface area contributed by atoms with Crippen molar-refractivity contribution < 1.29 is 13.9 Å². The molecule has 6 heteroatoms. The zero-order valence-corrected chi connectivity index (χ0v) is 13.9. The molecule has 1 aliphatic rings. The van der Waals surface area contributed by atoms with Crippen molar-refractivity contribution in [3.8, 4) is 0 Å². The Balaban J connectivity index is 1.97. The molecule has 1 saturated heterocycles. The van der Waals surface area contributed by atoms with Gasteiger partial charge in [-0.15, -0.1) is 0 Å².